The minimum absolute atomic E-state index is 0.0947. The highest BCUT2D eigenvalue weighted by Crippen LogP contribution is 2.21. The molecule has 2 rings (SSSR count). The zero-order valence-corrected chi connectivity index (χ0v) is 11.1. The van der Waals surface area contributed by atoms with Crippen LogP contribution in [0.1, 0.15) is 18.4 Å². The molecule has 0 unspecified atom stereocenters. The van der Waals surface area contributed by atoms with Crippen LogP contribution in [0.5, 0.6) is 0 Å². The first-order chi connectivity index (χ1) is 8.79. The van der Waals surface area contributed by atoms with Crippen molar-refractivity contribution >= 4 is 27.5 Å². The fraction of sp³-hybridized carbons (Fsp3) is 0.385. The molecule has 1 aromatic heterocycles. The van der Waals surface area contributed by atoms with E-state index in [0.717, 1.165) is 21.6 Å². The van der Waals surface area contributed by atoms with Crippen LogP contribution in [0, 0.1) is 0 Å². The number of rotatable bonds is 6. The molecule has 1 aromatic carbocycles. The van der Waals surface area contributed by atoms with Crippen molar-refractivity contribution in [2.24, 2.45) is 0 Å². The van der Waals surface area contributed by atoms with Crippen molar-refractivity contribution in [2.45, 2.75) is 19.9 Å². The van der Waals surface area contributed by atoms with Gasteiger partial charge in [0.25, 0.3) is 0 Å². The number of aromatic nitrogens is 1. The van der Waals surface area contributed by atoms with E-state index in [9.17, 15) is 4.79 Å². The molecule has 0 aliphatic carbocycles. The molecule has 18 heavy (non-hydrogen) atoms. The van der Waals surface area contributed by atoms with Gasteiger partial charge in [-0.2, -0.15) is 0 Å². The Balaban J connectivity index is 1.84. The first-order valence-electron chi connectivity index (χ1n) is 5.98. The van der Waals surface area contributed by atoms with Gasteiger partial charge in [0.15, 0.2) is 0 Å². The molecule has 0 aliphatic rings. The minimum atomic E-state index is -0.0947. The summed E-state index contributed by atoms with van der Waals surface area (Å²) in [5.74, 6) is -0.0947. The second-order valence-electron chi connectivity index (χ2n) is 3.90. The van der Waals surface area contributed by atoms with Gasteiger partial charge < -0.3 is 10.1 Å². The maximum atomic E-state index is 11.4. The number of para-hydroxylation sites is 1. The topological polar surface area (TPSA) is 51.2 Å². The summed E-state index contributed by atoms with van der Waals surface area (Å²) in [6.07, 6.45) is 0.922. The van der Waals surface area contributed by atoms with Gasteiger partial charge in [-0.1, -0.05) is 19.1 Å². The summed E-state index contributed by atoms with van der Waals surface area (Å²) >= 11 is 1.60. The summed E-state index contributed by atoms with van der Waals surface area (Å²) in [4.78, 5) is 15.9. The number of amides is 1. The number of nitrogens with one attached hydrogen (secondary N) is 1. The van der Waals surface area contributed by atoms with Crippen LogP contribution in [-0.2, 0) is 16.1 Å². The molecule has 0 bridgehead atoms. The first-order valence-corrected chi connectivity index (χ1v) is 6.80. The highest BCUT2D eigenvalue weighted by molar-refractivity contribution is 7.18. The Morgan fingerprint density at radius 2 is 2.28 bits per heavy atom. The van der Waals surface area contributed by atoms with E-state index in [1.54, 1.807) is 11.3 Å². The molecule has 0 aliphatic heterocycles. The number of fused-ring (bicyclic) bond motifs is 1. The number of benzene rings is 1. The smallest absolute Gasteiger partial charge is 0.246 e. The van der Waals surface area contributed by atoms with E-state index in [0.29, 0.717) is 13.2 Å². The molecule has 4 nitrogen and oxygen atoms in total. The molecular formula is C13H16N2O2S. The maximum Gasteiger partial charge on any atom is 0.246 e. The van der Waals surface area contributed by atoms with E-state index < -0.39 is 0 Å². The van der Waals surface area contributed by atoms with Crippen molar-refractivity contribution in [1.82, 2.24) is 10.3 Å². The van der Waals surface area contributed by atoms with E-state index in [1.807, 2.05) is 31.2 Å². The van der Waals surface area contributed by atoms with Crippen LogP contribution in [0.15, 0.2) is 24.3 Å². The van der Waals surface area contributed by atoms with Crippen LogP contribution < -0.4 is 5.32 Å². The summed E-state index contributed by atoms with van der Waals surface area (Å²) in [7, 11) is 0. The Hall–Kier alpha value is -1.46. The molecule has 1 N–H and O–H groups in total. The largest absolute Gasteiger partial charge is 0.372 e. The average molecular weight is 264 g/mol. The van der Waals surface area contributed by atoms with Crippen LogP contribution >= 0.6 is 11.3 Å². The first kappa shape index (κ1) is 13.0. The Morgan fingerprint density at radius 1 is 1.44 bits per heavy atom. The van der Waals surface area contributed by atoms with Crippen molar-refractivity contribution in [1.29, 1.82) is 0 Å². The Morgan fingerprint density at radius 3 is 3.06 bits per heavy atom. The Labute approximate surface area is 110 Å². The van der Waals surface area contributed by atoms with Gasteiger partial charge in [-0.25, -0.2) is 4.98 Å². The molecule has 2 aromatic rings. The van der Waals surface area contributed by atoms with E-state index in [4.69, 9.17) is 4.74 Å². The predicted octanol–water partition coefficient (Wildman–Crippen LogP) is 2.34. The zero-order chi connectivity index (χ0) is 12.8. The normalized spacial score (nSPS) is 10.7. The van der Waals surface area contributed by atoms with E-state index >= 15 is 0 Å². The van der Waals surface area contributed by atoms with Crippen molar-refractivity contribution in [2.75, 3.05) is 13.2 Å². The second-order valence-corrected chi connectivity index (χ2v) is 5.02. The van der Waals surface area contributed by atoms with E-state index in [-0.39, 0.29) is 12.5 Å². The number of hydrogen-bond donors (Lipinski definition) is 1. The van der Waals surface area contributed by atoms with Crippen molar-refractivity contribution < 1.29 is 9.53 Å². The molecule has 0 saturated heterocycles. The standard InChI is InChI=1S/C13H16N2O2S/c1-2-7-17-9-12(16)14-8-13-15-10-5-3-4-6-11(10)18-13/h3-6H,2,7-9H2,1H3,(H,14,16). The minimum Gasteiger partial charge on any atom is -0.372 e. The van der Waals surface area contributed by atoms with Crippen molar-refractivity contribution in [3.63, 3.8) is 0 Å². The SMILES string of the molecule is CCCOCC(=O)NCc1nc2ccccc2s1. The van der Waals surface area contributed by atoms with Gasteiger partial charge in [0.1, 0.15) is 11.6 Å². The lowest BCUT2D eigenvalue weighted by molar-refractivity contribution is -0.125. The second kappa shape index (κ2) is 6.47. The van der Waals surface area contributed by atoms with Crippen molar-refractivity contribution in [3.8, 4) is 0 Å². The lowest BCUT2D eigenvalue weighted by atomic mass is 10.3. The third kappa shape index (κ3) is 3.51. The molecule has 0 radical (unpaired) electrons. The fourth-order valence-electron chi connectivity index (χ4n) is 1.53. The number of nitrogens with zero attached hydrogens (tertiary/aromatic N) is 1. The third-order valence-electron chi connectivity index (χ3n) is 2.36. The van der Waals surface area contributed by atoms with Gasteiger partial charge >= 0.3 is 0 Å². The van der Waals surface area contributed by atoms with Gasteiger partial charge in [-0.15, -0.1) is 11.3 Å². The zero-order valence-electron chi connectivity index (χ0n) is 10.3. The quantitative estimate of drug-likeness (QED) is 0.815. The molecule has 5 heteroatoms. The van der Waals surface area contributed by atoms with Gasteiger partial charge in [0.2, 0.25) is 5.91 Å². The highest BCUT2D eigenvalue weighted by atomic mass is 32.1. The van der Waals surface area contributed by atoms with E-state index in [1.165, 1.54) is 0 Å². The van der Waals surface area contributed by atoms with Crippen molar-refractivity contribution in [3.05, 3.63) is 29.3 Å². The molecular weight excluding hydrogens is 248 g/mol. The van der Waals surface area contributed by atoms with Crippen LogP contribution in [0.4, 0.5) is 0 Å². The highest BCUT2D eigenvalue weighted by Gasteiger charge is 2.05. The van der Waals surface area contributed by atoms with Gasteiger partial charge in [-0.3, -0.25) is 4.79 Å². The fourth-order valence-corrected chi connectivity index (χ4v) is 2.44. The molecule has 0 atom stereocenters. The van der Waals surface area contributed by atoms with Crippen LogP contribution in [0.25, 0.3) is 10.2 Å². The predicted molar refractivity (Wildman–Crippen MR) is 72.6 cm³/mol. The average Bonchev–Trinajstić information content (AvgIpc) is 2.79. The molecule has 0 spiro atoms. The molecule has 0 fully saturated rings. The molecule has 1 amide bonds. The molecule has 0 saturated carbocycles. The molecule has 96 valence electrons. The van der Waals surface area contributed by atoms with E-state index in [2.05, 4.69) is 10.3 Å². The Kier molecular flexibility index (Phi) is 4.66. The van der Waals surface area contributed by atoms with Crippen LogP contribution in [0.2, 0.25) is 0 Å². The van der Waals surface area contributed by atoms with Gasteiger partial charge in [0.05, 0.1) is 16.8 Å². The summed E-state index contributed by atoms with van der Waals surface area (Å²) in [6, 6.07) is 7.95. The maximum absolute atomic E-state index is 11.4. The lowest BCUT2D eigenvalue weighted by Gasteiger charge is -2.03. The van der Waals surface area contributed by atoms with Crippen LogP contribution in [0.3, 0.4) is 0 Å². The number of carbonyl (C=O) groups is 1. The monoisotopic (exact) mass is 264 g/mol. The van der Waals surface area contributed by atoms with Gasteiger partial charge in [-0.05, 0) is 18.6 Å². The number of ether oxygens (including phenoxy) is 1. The summed E-state index contributed by atoms with van der Waals surface area (Å²) in [5.41, 5.74) is 0.981. The third-order valence-corrected chi connectivity index (χ3v) is 3.39. The summed E-state index contributed by atoms with van der Waals surface area (Å²) in [5, 5.41) is 3.72. The summed E-state index contributed by atoms with van der Waals surface area (Å²) in [6.45, 7) is 3.22. The number of thiazole rings is 1. The van der Waals surface area contributed by atoms with Crippen LogP contribution in [-0.4, -0.2) is 24.1 Å². The van der Waals surface area contributed by atoms with Gasteiger partial charge in [0, 0.05) is 6.61 Å². The number of hydrogen-bond acceptors (Lipinski definition) is 4. The summed E-state index contributed by atoms with van der Waals surface area (Å²) < 4.78 is 6.31. The lowest BCUT2D eigenvalue weighted by Crippen LogP contribution is -2.27. The number of carbonyl (C=O) groups excluding carboxylic acids is 1. The molecule has 1 heterocycles. The Bertz CT molecular complexity index is 491.